The monoisotopic (exact) mass is 350 g/mol. The van der Waals surface area contributed by atoms with Gasteiger partial charge >= 0.3 is 0 Å². The van der Waals surface area contributed by atoms with E-state index >= 15 is 0 Å². The highest BCUT2D eigenvalue weighted by Crippen LogP contribution is 2.16. The number of ether oxygens (including phenoxy) is 1. The number of aryl methyl sites for hydroxylation is 1. The summed E-state index contributed by atoms with van der Waals surface area (Å²) in [6.07, 6.45) is 1.52. The standard InChI is InChI=1S/C16H23ClN6O/c1-12(24-14-7-5-13(17)6-8-14)9-19-16(18-2)22(3)10-15-20-11-21-23(15)4/h5-8,11-12H,9-10H2,1-4H3,(H,18,19). The Labute approximate surface area is 147 Å². The molecule has 7 nitrogen and oxygen atoms in total. The maximum absolute atomic E-state index is 5.87. The van der Waals surface area contributed by atoms with Gasteiger partial charge in [-0.25, -0.2) is 4.98 Å². The molecule has 2 aromatic rings. The number of hydrogen-bond acceptors (Lipinski definition) is 4. The molecule has 0 saturated heterocycles. The summed E-state index contributed by atoms with van der Waals surface area (Å²) in [5.74, 6) is 2.42. The number of nitrogens with one attached hydrogen (secondary N) is 1. The first-order chi connectivity index (χ1) is 11.5. The van der Waals surface area contributed by atoms with Gasteiger partial charge in [-0.2, -0.15) is 5.10 Å². The maximum atomic E-state index is 5.87. The van der Waals surface area contributed by atoms with E-state index < -0.39 is 0 Å². The largest absolute Gasteiger partial charge is 0.489 e. The van der Waals surface area contributed by atoms with E-state index in [1.54, 1.807) is 18.1 Å². The molecule has 0 spiro atoms. The molecule has 0 radical (unpaired) electrons. The molecular formula is C16H23ClN6O. The van der Waals surface area contributed by atoms with Crippen LogP contribution < -0.4 is 10.1 Å². The fourth-order valence-corrected chi connectivity index (χ4v) is 2.28. The molecule has 130 valence electrons. The smallest absolute Gasteiger partial charge is 0.193 e. The number of guanidine groups is 1. The van der Waals surface area contributed by atoms with Gasteiger partial charge in [-0.05, 0) is 31.2 Å². The minimum absolute atomic E-state index is 0.0221. The molecular weight excluding hydrogens is 328 g/mol. The number of hydrogen-bond donors (Lipinski definition) is 1. The molecule has 1 unspecified atom stereocenters. The van der Waals surface area contributed by atoms with Crippen LogP contribution >= 0.6 is 11.6 Å². The van der Waals surface area contributed by atoms with E-state index in [1.807, 2.05) is 50.2 Å². The van der Waals surface area contributed by atoms with Gasteiger partial charge in [-0.3, -0.25) is 9.67 Å². The van der Waals surface area contributed by atoms with Crippen molar-refractivity contribution >= 4 is 17.6 Å². The second kappa shape index (κ2) is 8.54. The highest BCUT2D eigenvalue weighted by atomic mass is 35.5. The van der Waals surface area contributed by atoms with Crippen LogP contribution in [0.25, 0.3) is 0 Å². The highest BCUT2D eigenvalue weighted by Gasteiger charge is 2.11. The Bertz CT molecular complexity index is 669. The molecule has 0 aliphatic carbocycles. The predicted molar refractivity (Wildman–Crippen MR) is 95.4 cm³/mol. The fourth-order valence-electron chi connectivity index (χ4n) is 2.16. The van der Waals surface area contributed by atoms with E-state index in [2.05, 4.69) is 20.4 Å². The Balaban J connectivity index is 1.84. The van der Waals surface area contributed by atoms with Crippen molar-refractivity contribution in [2.45, 2.75) is 19.6 Å². The lowest BCUT2D eigenvalue weighted by atomic mass is 10.3. The van der Waals surface area contributed by atoms with Crippen LogP contribution in [0.4, 0.5) is 0 Å². The molecule has 1 heterocycles. The third-order valence-corrected chi connectivity index (χ3v) is 3.71. The lowest BCUT2D eigenvalue weighted by molar-refractivity contribution is 0.222. The Kier molecular flexibility index (Phi) is 6.43. The molecule has 0 aliphatic heterocycles. The third-order valence-electron chi connectivity index (χ3n) is 3.46. The number of nitrogens with zero attached hydrogens (tertiary/aromatic N) is 5. The van der Waals surface area contributed by atoms with Crippen LogP contribution in [-0.4, -0.2) is 52.4 Å². The molecule has 8 heteroatoms. The molecule has 0 saturated carbocycles. The van der Waals surface area contributed by atoms with Gasteiger partial charge in [0, 0.05) is 26.2 Å². The average Bonchev–Trinajstić information content (AvgIpc) is 2.95. The van der Waals surface area contributed by atoms with E-state index in [9.17, 15) is 0 Å². The number of benzene rings is 1. The first-order valence-corrected chi connectivity index (χ1v) is 8.04. The van der Waals surface area contributed by atoms with Gasteiger partial charge in [0.15, 0.2) is 5.96 Å². The van der Waals surface area contributed by atoms with Gasteiger partial charge in [0.25, 0.3) is 0 Å². The summed E-state index contributed by atoms with van der Waals surface area (Å²) < 4.78 is 7.59. The van der Waals surface area contributed by atoms with Crippen molar-refractivity contribution in [3.8, 4) is 5.75 Å². The van der Waals surface area contributed by atoms with Crippen molar-refractivity contribution < 1.29 is 4.74 Å². The molecule has 24 heavy (non-hydrogen) atoms. The molecule has 1 aromatic carbocycles. The second-order valence-electron chi connectivity index (χ2n) is 5.47. The molecule has 0 fully saturated rings. The lowest BCUT2D eigenvalue weighted by Gasteiger charge is -2.23. The van der Waals surface area contributed by atoms with E-state index in [0.717, 1.165) is 17.5 Å². The summed E-state index contributed by atoms with van der Waals surface area (Å²) in [5, 5.41) is 8.06. The third kappa shape index (κ3) is 5.13. The fraction of sp³-hybridized carbons (Fsp3) is 0.438. The molecule has 1 N–H and O–H groups in total. The SMILES string of the molecule is CN=C(NCC(C)Oc1ccc(Cl)cc1)N(C)Cc1ncnn1C. The van der Waals surface area contributed by atoms with Gasteiger partial charge in [0.2, 0.25) is 0 Å². The van der Waals surface area contributed by atoms with Crippen LogP contribution in [0, 0.1) is 0 Å². The summed E-state index contributed by atoms with van der Waals surface area (Å²) in [7, 11) is 5.57. The topological polar surface area (TPSA) is 67.6 Å². The van der Waals surface area contributed by atoms with Crippen molar-refractivity contribution in [2.75, 3.05) is 20.6 Å². The number of aliphatic imine (C=N–C) groups is 1. The first kappa shape index (κ1) is 18.1. The van der Waals surface area contributed by atoms with Gasteiger partial charge < -0.3 is 15.0 Å². The zero-order valence-corrected chi connectivity index (χ0v) is 15.2. The number of halogens is 1. The van der Waals surface area contributed by atoms with Crippen LogP contribution in [0.5, 0.6) is 5.75 Å². The van der Waals surface area contributed by atoms with Crippen molar-refractivity contribution in [3.05, 3.63) is 41.4 Å². The minimum atomic E-state index is -0.0221. The van der Waals surface area contributed by atoms with Crippen molar-refractivity contribution in [2.24, 2.45) is 12.0 Å². The molecule has 2 rings (SSSR count). The number of rotatable bonds is 6. The van der Waals surface area contributed by atoms with Gasteiger partial charge in [0.05, 0.1) is 13.1 Å². The summed E-state index contributed by atoms with van der Waals surface area (Å²) in [6.45, 7) is 3.23. The van der Waals surface area contributed by atoms with Crippen molar-refractivity contribution in [1.82, 2.24) is 25.0 Å². The van der Waals surface area contributed by atoms with Gasteiger partial charge in [-0.15, -0.1) is 0 Å². The molecule has 0 bridgehead atoms. The Hall–Kier alpha value is -2.28. The summed E-state index contributed by atoms with van der Waals surface area (Å²) in [5.41, 5.74) is 0. The zero-order valence-electron chi connectivity index (χ0n) is 14.4. The van der Waals surface area contributed by atoms with Crippen LogP contribution in [0.15, 0.2) is 35.6 Å². The molecule has 1 atom stereocenters. The average molecular weight is 351 g/mol. The summed E-state index contributed by atoms with van der Waals surface area (Å²) >= 11 is 5.87. The summed E-state index contributed by atoms with van der Waals surface area (Å²) in [6, 6.07) is 7.33. The van der Waals surface area contributed by atoms with E-state index in [1.165, 1.54) is 0 Å². The highest BCUT2D eigenvalue weighted by molar-refractivity contribution is 6.30. The minimum Gasteiger partial charge on any atom is -0.489 e. The van der Waals surface area contributed by atoms with Crippen LogP contribution in [-0.2, 0) is 13.6 Å². The van der Waals surface area contributed by atoms with Gasteiger partial charge in [-0.1, -0.05) is 11.6 Å². The normalized spacial score (nSPS) is 12.8. The summed E-state index contributed by atoms with van der Waals surface area (Å²) in [4.78, 5) is 10.5. The Morgan fingerprint density at radius 2 is 2.12 bits per heavy atom. The van der Waals surface area contributed by atoms with E-state index in [4.69, 9.17) is 16.3 Å². The van der Waals surface area contributed by atoms with Crippen LogP contribution in [0.2, 0.25) is 5.02 Å². The molecule has 1 aromatic heterocycles. The maximum Gasteiger partial charge on any atom is 0.193 e. The Morgan fingerprint density at radius 1 is 1.42 bits per heavy atom. The molecule has 0 amide bonds. The van der Waals surface area contributed by atoms with Crippen molar-refractivity contribution in [3.63, 3.8) is 0 Å². The Morgan fingerprint density at radius 3 is 2.71 bits per heavy atom. The van der Waals surface area contributed by atoms with Crippen LogP contribution in [0.3, 0.4) is 0 Å². The van der Waals surface area contributed by atoms with E-state index in [-0.39, 0.29) is 6.10 Å². The zero-order chi connectivity index (χ0) is 17.5. The predicted octanol–water partition coefficient (Wildman–Crippen LogP) is 1.94. The first-order valence-electron chi connectivity index (χ1n) is 7.66. The molecule has 0 aliphatic rings. The number of aromatic nitrogens is 3. The lowest BCUT2D eigenvalue weighted by Crippen LogP contribution is -2.42. The van der Waals surface area contributed by atoms with Crippen molar-refractivity contribution in [1.29, 1.82) is 0 Å². The quantitative estimate of drug-likeness (QED) is 0.637. The van der Waals surface area contributed by atoms with Crippen LogP contribution in [0.1, 0.15) is 12.7 Å². The van der Waals surface area contributed by atoms with Gasteiger partial charge in [0.1, 0.15) is 24.0 Å². The van der Waals surface area contributed by atoms with E-state index in [0.29, 0.717) is 18.1 Å². The second-order valence-corrected chi connectivity index (χ2v) is 5.90.